The minimum atomic E-state index is -0.111. The van der Waals surface area contributed by atoms with Crippen molar-refractivity contribution < 1.29 is 4.79 Å². The Morgan fingerprint density at radius 3 is 2.44 bits per heavy atom. The van der Waals surface area contributed by atoms with E-state index >= 15 is 0 Å². The lowest BCUT2D eigenvalue weighted by atomic mass is 9.77. The largest absolute Gasteiger partial charge is 0.334 e. The van der Waals surface area contributed by atoms with Crippen LogP contribution in [-0.4, -0.2) is 24.4 Å². The smallest absolute Gasteiger partial charge is 0.229 e. The molecule has 1 fully saturated rings. The van der Waals surface area contributed by atoms with Gasteiger partial charge in [0, 0.05) is 12.5 Å². The van der Waals surface area contributed by atoms with Crippen molar-refractivity contribution in [1.82, 2.24) is 4.90 Å². The minimum absolute atomic E-state index is 0.111. The molecule has 0 atom stereocenters. The average molecular weight is 221 g/mol. The third-order valence-corrected chi connectivity index (χ3v) is 3.49. The Hall–Kier alpha value is -0.970. The van der Waals surface area contributed by atoms with Crippen LogP contribution < -0.4 is 0 Å². The maximum atomic E-state index is 12.4. The van der Waals surface area contributed by atoms with Gasteiger partial charge < -0.3 is 4.90 Å². The molecule has 16 heavy (non-hydrogen) atoms. The Morgan fingerprint density at radius 1 is 1.44 bits per heavy atom. The van der Waals surface area contributed by atoms with Gasteiger partial charge in [-0.15, -0.1) is 6.42 Å². The van der Waals surface area contributed by atoms with Crippen molar-refractivity contribution >= 4 is 5.91 Å². The average Bonchev–Trinajstić information content (AvgIpc) is 2.65. The molecule has 2 heteroatoms. The first-order chi connectivity index (χ1) is 7.52. The van der Waals surface area contributed by atoms with E-state index in [0.29, 0.717) is 12.5 Å². The maximum absolute atomic E-state index is 12.4. The summed E-state index contributed by atoms with van der Waals surface area (Å²) < 4.78 is 0. The molecule has 0 N–H and O–H groups in total. The van der Waals surface area contributed by atoms with Crippen LogP contribution >= 0.6 is 0 Å². The second kappa shape index (κ2) is 5.39. The second-order valence-electron chi connectivity index (χ2n) is 5.45. The first kappa shape index (κ1) is 13.1. The number of rotatable bonds is 4. The summed E-state index contributed by atoms with van der Waals surface area (Å²) in [5.41, 5.74) is -0.111. The number of hydrogen-bond acceptors (Lipinski definition) is 1. The summed E-state index contributed by atoms with van der Waals surface area (Å²) in [6.45, 7) is 4.81. The van der Waals surface area contributed by atoms with Gasteiger partial charge >= 0.3 is 0 Å². The van der Waals surface area contributed by atoms with Crippen molar-refractivity contribution in [2.45, 2.75) is 46.0 Å². The Morgan fingerprint density at radius 2 is 2.00 bits per heavy atom. The van der Waals surface area contributed by atoms with Gasteiger partial charge in [-0.1, -0.05) is 32.6 Å². The van der Waals surface area contributed by atoms with Crippen molar-refractivity contribution in [2.75, 3.05) is 13.6 Å². The molecule has 0 heterocycles. The van der Waals surface area contributed by atoms with E-state index in [1.54, 1.807) is 4.90 Å². The molecule has 1 rings (SSSR count). The summed E-state index contributed by atoms with van der Waals surface area (Å²) in [5, 5.41) is 0. The monoisotopic (exact) mass is 221 g/mol. The molecule has 0 saturated heterocycles. The number of carbonyl (C=O) groups is 1. The summed E-state index contributed by atoms with van der Waals surface area (Å²) in [6.07, 6.45) is 10.7. The van der Waals surface area contributed by atoms with Gasteiger partial charge in [0.1, 0.15) is 0 Å². The van der Waals surface area contributed by atoms with Crippen LogP contribution in [0.1, 0.15) is 46.0 Å². The van der Waals surface area contributed by atoms with Crippen molar-refractivity contribution in [1.29, 1.82) is 0 Å². The fourth-order valence-electron chi connectivity index (χ4n) is 2.95. The Kier molecular flexibility index (Phi) is 4.41. The molecule has 0 aromatic carbocycles. The Bertz CT molecular complexity index is 282. The molecule has 0 spiro atoms. The van der Waals surface area contributed by atoms with Crippen molar-refractivity contribution in [2.24, 2.45) is 11.3 Å². The summed E-state index contributed by atoms with van der Waals surface area (Å²) in [5.74, 6) is 3.38. The molecule has 0 radical (unpaired) electrons. The van der Waals surface area contributed by atoms with Crippen LogP contribution in [0.25, 0.3) is 0 Å². The molecule has 90 valence electrons. The molecule has 0 aliphatic heterocycles. The van der Waals surface area contributed by atoms with E-state index in [4.69, 9.17) is 6.42 Å². The van der Waals surface area contributed by atoms with Gasteiger partial charge in [0.25, 0.3) is 0 Å². The van der Waals surface area contributed by atoms with Crippen molar-refractivity contribution in [3.8, 4) is 12.3 Å². The molecule has 0 aromatic heterocycles. The zero-order valence-corrected chi connectivity index (χ0v) is 10.8. The van der Waals surface area contributed by atoms with E-state index in [1.807, 2.05) is 7.05 Å². The molecule has 1 aliphatic rings. The minimum Gasteiger partial charge on any atom is -0.334 e. The lowest BCUT2D eigenvalue weighted by Gasteiger charge is -2.33. The topological polar surface area (TPSA) is 20.3 Å². The summed E-state index contributed by atoms with van der Waals surface area (Å²) >= 11 is 0. The Labute approximate surface area is 99.4 Å². The molecule has 1 saturated carbocycles. The van der Waals surface area contributed by atoms with E-state index in [9.17, 15) is 4.79 Å². The summed E-state index contributed by atoms with van der Waals surface area (Å²) in [7, 11) is 1.82. The lowest BCUT2D eigenvalue weighted by Crippen LogP contribution is -2.41. The van der Waals surface area contributed by atoms with Gasteiger partial charge in [0.05, 0.1) is 6.54 Å². The molecular weight excluding hydrogens is 198 g/mol. The molecular formula is C14H23NO. The van der Waals surface area contributed by atoms with Crippen LogP contribution in [0.3, 0.4) is 0 Å². The van der Waals surface area contributed by atoms with E-state index < -0.39 is 0 Å². The number of carbonyl (C=O) groups excluding carboxylic acids is 1. The van der Waals surface area contributed by atoms with Gasteiger partial charge in [-0.3, -0.25) is 4.79 Å². The van der Waals surface area contributed by atoms with Crippen LogP contribution in [0.5, 0.6) is 0 Å². The van der Waals surface area contributed by atoms with Gasteiger partial charge in [-0.25, -0.2) is 0 Å². The fraction of sp³-hybridized carbons (Fsp3) is 0.786. The Balaban J connectivity index is 2.77. The molecule has 1 amide bonds. The van der Waals surface area contributed by atoms with Crippen LogP contribution in [0.4, 0.5) is 0 Å². The van der Waals surface area contributed by atoms with Crippen molar-refractivity contribution in [3.05, 3.63) is 0 Å². The highest BCUT2D eigenvalue weighted by Crippen LogP contribution is 2.44. The predicted octanol–water partition coefficient (Wildman–Crippen LogP) is 2.68. The SMILES string of the molecule is C#CCN(C)C(=O)C1(CC(C)C)CCCC1. The van der Waals surface area contributed by atoms with E-state index in [0.717, 1.165) is 19.3 Å². The third-order valence-electron chi connectivity index (χ3n) is 3.49. The third kappa shape index (κ3) is 2.78. The van der Waals surface area contributed by atoms with Crippen LogP contribution in [0.15, 0.2) is 0 Å². The maximum Gasteiger partial charge on any atom is 0.229 e. The number of terminal acetylenes is 1. The first-order valence-electron chi connectivity index (χ1n) is 6.21. The van der Waals surface area contributed by atoms with Gasteiger partial charge in [0.15, 0.2) is 0 Å². The molecule has 2 nitrogen and oxygen atoms in total. The molecule has 0 bridgehead atoms. The predicted molar refractivity (Wildman–Crippen MR) is 66.8 cm³/mol. The summed E-state index contributed by atoms with van der Waals surface area (Å²) in [4.78, 5) is 14.1. The second-order valence-corrected chi connectivity index (χ2v) is 5.45. The highest BCUT2D eigenvalue weighted by atomic mass is 16.2. The highest BCUT2D eigenvalue weighted by molar-refractivity contribution is 5.83. The zero-order chi connectivity index (χ0) is 12.2. The van der Waals surface area contributed by atoms with Crippen LogP contribution in [-0.2, 0) is 4.79 Å². The van der Waals surface area contributed by atoms with Gasteiger partial charge in [-0.2, -0.15) is 0 Å². The van der Waals surface area contributed by atoms with Crippen molar-refractivity contribution in [3.63, 3.8) is 0 Å². The van der Waals surface area contributed by atoms with Gasteiger partial charge in [0.2, 0.25) is 5.91 Å². The quantitative estimate of drug-likeness (QED) is 0.668. The van der Waals surface area contributed by atoms with E-state index in [1.165, 1.54) is 12.8 Å². The molecule has 0 unspecified atom stereocenters. The molecule has 1 aliphatic carbocycles. The van der Waals surface area contributed by atoms with Crippen LogP contribution in [0, 0.1) is 23.7 Å². The normalized spacial score (nSPS) is 18.4. The van der Waals surface area contributed by atoms with Gasteiger partial charge in [-0.05, 0) is 25.2 Å². The fourth-order valence-corrected chi connectivity index (χ4v) is 2.95. The van der Waals surface area contributed by atoms with E-state index in [2.05, 4.69) is 19.8 Å². The van der Waals surface area contributed by atoms with Crippen LogP contribution in [0.2, 0.25) is 0 Å². The van der Waals surface area contributed by atoms with E-state index in [-0.39, 0.29) is 11.3 Å². The highest BCUT2D eigenvalue weighted by Gasteiger charge is 2.42. The standard InChI is InChI=1S/C14H23NO/c1-5-10-15(4)13(16)14(11-12(2)3)8-6-7-9-14/h1,12H,6-11H2,2-4H3. The lowest BCUT2D eigenvalue weighted by molar-refractivity contribution is -0.141. The zero-order valence-electron chi connectivity index (χ0n) is 10.8. The molecule has 0 aromatic rings. The summed E-state index contributed by atoms with van der Waals surface area (Å²) in [6, 6.07) is 0. The number of nitrogens with zero attached hydrogens (tertiary/aromatic N) is 1. The first-order valence-corrected chi connectivity index (χ1v) is 6.21. The number of amides is 1. The number of hydrogen-bond donors (Lipinski definition) is 0.